The van der Waals surface area contributed by atoms with Gasteiger partial charge in [-0.2, -0.15) is 0 Å². The van der Waals surface area contributed by atoms with Gasteiger partial charge in [0.25, 0.3) is 0 Å². The van der Waals surface area contributed by atoms with Gasteiger partial charge in [-0.15, -0.1) is 0 Å². The van der Waals surface area contributed by atoms with E-state index in [1.54, 1.807) is 14.2 Å². The van der Waals surface area contributed by atoms with Gasteiger partial charge in [-0.1, -0.05) is 20.8 Å². The zero-order valence-electron chi connectivity index (χ0n) is 22.9. The van der Waals surface area contributed by atoms with Gasteiger partial charge in [-0.25, -0.2) is 4.79 Å². The maximum atomic E-state index is 13.2. The summed E-state index contributed by atoms with van der Waals surface area (Å²) in [6, 6.07) is 1.87. The van der Waals surface area contributed by atoms with Crippen LogP contribution in [0.5, 0.6) is 17.2 Å². The van der Waals surface area contributed by atoms with Gasteiger partial charge in [0.2, 0.25) is 0 Å². The third kappa shape index (κ3) is 4.31. The molecule has 0 N–H and O–H groups in total. The van der Waals surface area contributed by atoms with Crippen LogP contribution in [0, 0.1) is 17.3 Å². The molecule has 0 radical (unpaired) electrons. The molecule has 1 aromatic carbocycles. The van der Waals surface area contributed by atoms with Crippen LogP contribution in [0.4, 0.5) is 0 Å². The van der Waals surface area contributed by atoms with E-state index in [1.165, 1.54) is 13.5 Å². The molecule has 0 aromatic heterocycles. The molecule has 1 aromatic rings. The minimum Gasteiger partial charge on any atom is -0.495 e. The molecule has 0 spiro atoms. The third-order valence-electron chi connectivity index (χ3n) is 8.48. The van der Waals surface area contributed by atoms with Crippen molar-refractivity contribution in [2.24, 2.45) is 17.3 Å². The number of benzene rings is 1. The second kappa shape index (κ2) is 8.88. The molecule has 3 aliphatic carbocycles. The number of carbonyl (C=O) groups excluding carboxylic acids is 1. The summed E-state index contributed by atoms with van der Waals surface area (Å²) < 4.78 is 35.8. The lowest BCUT2D eigenvalue weighted by molar-refractivity contribution is -0.199. The highest BCUT2D eigenvalue weighted by atomic mass is 16.7. The third-order valence-corrected chi connectivity index (χ3v) is 8.48. The van der Waals surface area contributed by atoms with Crippen LogP contribution < -0.4 is 14.2 Å². The summed E-state index contributed by atoms with van der Waals surface area (Å²) in [5, 5.41) is 0. The molecule has 194 valence electrons. The Morgan fingerprint density at radius 2 is 1.77 bits per heavy atom. The van der Waals surface area contributed by atoms with E-state index in [0.29, 0.717) is 40.9 Å². The SMILES string of the molecule is COc1cc(C[C@@H](C)B2O[C@@H]3C[C@@H]4C[C@@H](C4(C)C)[C@]3(C)O2)c(OC)c(C(=O)OC(C)(C)C)c1OC. The first-order chi connectivity index (χ1) is 16.3. The van der Waals surface area contributed by atoms with Gasteiger partial charge in [0, 0.05) is 0 Å². The molecule has 1 aliphatic heterocycles. The number of esters is 1. The highest BCUT2D eigenvalue weighted by Crippen LogP contribution is 2.66. The van der Waals surface area contributed by atoms with Gasteiger partial charge >= 0.3 is 13.1 Å². The lowest BCUT2D eigenvalue weighted by Crippen LogP contribution is -2.65. The van der Waals surface area contributed by atoms with Crippen molar-refractivity contribution in [2.45, 2.75) is 90.9 Å². The Morgan fingerprint density at radius 1 is 1.11 bits per heavy atom. The zero-order chi connectivity index (χ0) is 25.9. The second-order valence-corrected chi connectivity index (χ2v) is 12.2. The first-order valence-corrected chi connectivity index (χ1v) is 12.6. The molecule has 35 heavy (non-hydrogen) atoms. The Bertz CT molecular complexity index is 985. The van der Waals surface area contributed by atoms with Crippen LogP contribution in [0.2, 0.25) is 5.82 Å². The number of hydrogen-bond acceptors (Lipinski definition) is 7. The lowest BCUT2D eigenvalue weighted by Gasteiger charge is -2.64. The van der Waals surface area contributed by atoms with Crippen molar-refractivity contribution in [1.82, 2.24) is 0 Å². The predicted molar refractivity (Wildman–Crippen MR) is 135 cm³/mol. The lowest BCUT2D eigenvalue weighted by atomic mass is 9.43. The van der Waals surface area contributed by atoms with Gasteiger partial charge in [0.15, 0.2) is 11.5 Å². The second-order valence-electron chi connectivity index (χ2n) is 12.2. The van der Waals surface area contributed by atoms with E-state index in [2.05, 4.69) is 27.7 Å². The number of carbonyl (C=O) groups is 1. The minimum atomic E-state index is -0.671. The number of methoxy groups -OCH3 is 3. The molecule has 5 rings (SSSR count). The molecular weight excluding hydrogens is 447 g/mol. The van der Waals surface area contributed by atoms with Crippen molar-refractivity contribution in [3.05, 3.63) is 17.2 Å². The molecule has 1 saturated heterocycles. The van der Waals surface area contributed by atoms with E-state index in [9.17, 15) is 4.79 Å². The Labute approximate surface area is 210 Å². The van der Waals surface area contributed by atoms with E-state index >= 15 is 0 Å². The molecule has 4 fully saturated rings. The van der Waals surface area contributed by atoms with E-state index in [4.69, 9.17) is 28.3 Å². The van der Waals surface area contributed by atoms with Crippen LogP contribution in [0.3, 0.4) is 0 Å². The van der Waals surface area contributed by atoms with Crippen molar-refractivity contribution < 1.29 is 33.1 Å². The van der Waals surface area contributed by atoms with Gasteiger partial charge < -0.3 is 28.3 Å². The fraction of sp³-hybridized carbons (Fsp3) is 0.741. The summed E-state index contributed by atoms with van der Waals surface area (Å²) in [6.07, 6.45) is 2.96. The largest absolute Gasteiger partial charge is 0.495 e. The number of hydrogen-bond donors (Lipinski definition) is 0. The van der Waals surface area contributed by atoms with Crippen molar-refractivity contribution in [2.75, 3.05) is 21.3 Å². The smallest absolute Gasteiger partial charge is 0.461 e. The summed E-state index contributed by atoms with van der Waals surface area (Å²) in [5.74, 6) is 1.88. The van der Waals surface area contributed by atoms with Crippen LogP contribution in [0.1, 0.15) is 77.2 Å². The Hall–Kier alpha value is -1.93. The molecule has 5 atom stereocenters. The predicted octanol–water partition coefficient (Wildman–Crippen LogP) is 5.33. The molecule has 7 nitrogen and oxygen atoms in total. The monoisotopic (exact) mass is 488 g/mol. The molecule has 8 heteroatoms. The van der Waals surface area contributed by atoms with Crippen molar-refractivity contribution in [3.63, 3.8) is 0 Å². The van der Waals surface area contributed by atoms with Crippen LogP contribution in [0.25, 0.3) is 0 Å². The molecular formula is C27H41BO7. The van der Waals surface area contributed by atoms with Crippen LogP contribution in [-0.2, 0) is 20.5 Å². The Kier molecular flexibility index (Phi) is 6.63. The van der Waals surface area contributed by atoms with Crippen molar-refractivity contribution in [3.8, 4) is 17.2 Å². The molecule has 0 amide bonds. The fourth-order valence-corrected chi connectivity index (χ4v) is 6.52. The van der Waals surface area contributed by atoms with Crippen LogP contribution in [0.15, 0.2) is 6.07 Å². The van der Waals surface area contributed by atoms with Crippen LogP contribution in [-0.4, -0.2) is 51.7 Å². The number of rotatable bonds is 7. The first-order valence-electron chi connectivity index (χ1n) is 12.6. The van der Waals surface area contributed by atoms with E-state index < -0.39 is 11.6 Å². The maximum Gasteiger partial charge on any atom is 0.461 e. The summed E-state index contributed by atoms with van der Waals surface area (Å²) >= 11 is 0. The summed E-state index contributed by atoms with van der Waals surface area (Å²) in [4.78, 5) is 13.2. The van der Waals surface area contributed by atoms with Gasteiger partial charge in [0.05, 0.1) is 33.0 Å². The summed E-state index contributed by atoms with van der Waals surface area (Å²) in [5.41, 5.74) is 0.399. The fourth-order valence-electron chi connectivity index (χ4n) is 6.52. The normalized spacial score (nSPS) is 29.7. The number of ether oxygens (including phenoxy) is 4. The standard InChI is InChI=1S/C27H41BO7/c1-15(28-34-20-14-17-13-19(26(17,5)6)27(20,7)35-28)11-16-12-18(30-8)23(32-10)21(22(16)31-9)24(29)33-25(2,3)4/h12,15,17,19-20H,11,13-14H2,1-10H3/t15-,17+,19+,20-,27+/m1/s1. The highest BCUT2D eigenvalue weighted by molar-refractivity contribution is 6.47. The zero-order valence-corrected chi connectivity index (χ0v) is 22.9. The first kappa shape index (κ1) is 26.1. The van der Waals surface area contributed by atoms with E-state index in [1.807, 2.05) is 26.8 Å². The van der Waals surface area contributed by atoms with Crippen molar-refractivity contribution >= 4 is 13.1 Å². The van der Waals surface area contributed by atoms with E-state index in [0.717, 1.165) is 12.0 Å². The van der Waals surface area contributed by atoms with Gasteiger partial charge in [0.1, 0.15) is 16.9 Å². The molecule has 1 heterocycles. The van der Waals surface area contributed by atoms with Gasteiger partial charge in [-0.05, 0) is 81.7 Å². The molecule has 0 unspecified atom stereocenters. The summed E-state index contributed by atoms with van der Waals surface area (Å²) in [7, 11) is 4.28. The highest BCUT2D eigenvalue weighted by Gasteiger charge is 2.68. The van der Waals surface area contributed by atoms with E-state index in [-0.39, 0.29) is 30.2 Å². The maximum absolute atomic E-state index is 13.2. The van der Waals surface area contributed by atoms with Crippen molar-refractivity contribution in [1.29, 1.82) is 0 Å². The Morgan fingerprint density at radius 3 is 2.31 bits per heavy atom. The minimum absolute atomic E-state index is 0.0243. The molecule has 3 saturated carbocycles. The van der Waals surface area contributed by atoms with Gasteiger partial charge in [-0.3, -0.25) is 0 Å². The average Bonchev–Trinajstić information content (AvgIpc) is 3.14. The molecule has 4 aliphatic rings. The van der Waals surface area contributed by atoms with Crippen LogP contribution >= 0.6 is 0 Å². The topological polar surface area (TPSA) is 72.5 Å². The average molecular weight is 488 g/mol. The Balaban J connectivity index is 1.63. The molecule has 2 bridgehead atoms. The quantitative estimate of drug-likeness (QED) is 0.380. The summed E-state index contributed by atoms with van der Waals surface area (Å²) in [6.45, 7) is 14.5.